The highest BCUT2D eigenvalue weighted by atomic mass is 15.3. The zero-order valence-corrected chi connectivity index (χ0v) is 12.5. The normalized spacial score (nSPS) is 31.5. The number of likely N-dealkylation sites (N-methyl/N-ethyl adjacent to an activating group) is 1. The Kier molecular flexibility index (Phi) is 5.46. The van der Waals surface area contributed by atoms with Crippen molar-refractivity contribution in [2.75, 3.05) is 33.2 Å². The van der Waals surface area contributed by atoms with Gasteiger partial charge in [-0.25, -0.2) is 0 Å². The Bertz CT molecular complexity index is 244. The molecule has 2 heterocycles. The summed E-state index contributed by atoms with van der Waals surface area (Å²) in [7, 11) is 2.33. The average Bonchev–Trinajstić information content (AvgIpc) is 2.57. The summed E-state index contributed by atoms with van der Waals surface area (Å²) in [5, 5.41) is 3.65. The zero-order chi connectivity index (χ0) is 13.0. The van der Waals surface area contributed by atoms with Crippen molar-refractivity contribution in [3.05, 3.63) is 0 Å². The molecule has 0 spiro atoms. The second-order valence-corrected chi connectivity index (χ2v) is 6.28. The monoisotopic (exact) mass is 253 g/mol. The van der Waals surface area contributed by atoms with Crippen LogP contribution in [0.3, 0.4) is 0 Å². The van der Waals surface area contributed by atoms with E-state index in [1.807, 2.05) is 0 Å². The molecule has 0 radical (unpaired) electrons. The van der Waals surface area contributed by atoms with Crippen LogP contribution in [-0.4, -0.2) is 61.2 Å². The summed E-state index contributed by atoms with van der Waals surface area (Å²) in [5.74, 6) is 0. The van der Waals surface area contributed by atoms with Crippen LogP contribution < -0.4 is 5.32 Å². The van der Waals surface area contributed by atoms with E-state index in [9.17, 15) is 0 Å². The number of likely N-dealkylation sites (tertiary alicyclic amines) is 1. The molecule has 0 saturated carbocycles. The second kappa shape index (κ2) is 6.88. The van der Waals surface area contributed by atoms with Crippen molar-refractivity contribution in [3.63, 3.8) is 0 Å². The van der Waals surface area contributed by atoms with Crippen LogP contribution in [0.25, 0.3) is 0 Å². The van der Waals surface area contributed by atoms with Crippen LogP contribution in [0.2, 0.25) is 0 Å². The minimum atomic E-state index is 0.682. The number of hydrogen-bond donors (Lipinski definition) is 1. The van der Waals surface area contributed by atoms with Crippen LogP contribution in [0.1, 0.15) is 46.0 Å². The Balaban J connectivity index is 1.68. The van der Waals surface area contributed by atoms with Crippen molar-refractivity contribution < 1.29 is 0 Å². The predicted molar refractivity (Wildman–Crippen MR) is 78.0 cm³/mol. The van der Waals surface area contributed by atoms with Gasteiger partial charge in [-0.2, -0.15) is 0 Å². The molecule has 0 amide bonds. The third-order valence-corrected chi connectivity index (χ3v) is 4.88. The van der Waals surface area contributed by atoms with Gasteiger partial charge in [0.2, 0.25) is 0 Å². The van der Waals surface area contributed by atoms with Crippen molar-refractivity contribution in [1.82, 2.24) is 15.1 Å². The highest BCUT2D eigenvalue weighted by molar-refractivity contribution is 4.91. The van der Waals surface area contributed by atoms with E-state index in [-0.39, 0.29) is 0 Å². The second-order valence-electron chi connectivity index (χ2n) is 6.28. The van der Waals surface area contributed by atoms with Gasteiger partial charge in [0.15, 0.2) is 0 Å². The van der Waals surface area contributed by atoms with Crippen LogP contribution in [0.5, 0.6) is 0 Å². The molecule has 2 saturated heterocycles. The molecule has 106 valence electrons. The molecule has 18 heavy (non-hydrogen) atoms. The molecular weight excluding hydrogens is 222 g/mol. The highest BCUT2D eigenvalue weighted by Gasteiger charge is 2.34. The van der Waals surface area contributed by atoms with Crippen molar-refractivity contribution in [2.24, 2.45) is 0 Å². The molecule has 2 aliphatic rings. The summed E-state index contributed by atoms with van der Waals surface area (Å²) in [5.41, 5.74) is 0. The van der Waals surface area contributed by atoms with Crippen LogP contribution in [0, 0.1) is 0 Å². The van der Waals surface area contributed by atoms with E-state index in [1.54, 1.807) is 0 Å². The average molecular weight is 253 g/mol. The topological polar surface area (TPSA) is 18.5 Å². The van der Waals surface area contributed by atoms with Gasteiger partial charge in [0, 0.05) is 37.8 Å². The van der Waals surface area contributed by atoms with Gasteiger partial charge in [0.25, 0.3) is 0 Å². The summed E-state index contributed by atoms with van der Waals surface area (Å²) in [4.78, 5) is 5.30. The molecule has 2 rings (SSSR count). The van der Waals surface area contributed by atoms with E-state index in [2.05, 4.69) is 36.0 Å². The lowest BCUT2D eigenvalue weighted by atomic mass is 10.1. The number of hydrogen-bond acceptors (Lipinski definition) is 3. The lowest BCUT2D eigenvalue weighted by Crippen LogP contribution is -2.40. The van der Waals surface area contributed by atoms with E-state index in [1.165, 1.54) is 51.7 Å². The fraction of sp³-hybridized carbons (Fsp3) is 1.00. The van der Waals surface area contributed by atoms with E-state index in [0.717, 1.165) is 18.6 Å². The molecule has 3 heteroatoms. The first kappa shape index (κ1) is 14.3. The molecule has 2 bridgehead atoms. The van der Waals surface area contributed by atoms with E-state index in [4.69, 9.17) is 0 Å². The first-order valence-corrected chi connectivity index (χ1v) is 7.88. The largest absolute Gasteiger partial charge is 0.313 e. The smallest absolute Gasteiger partial charge is 0.0223 e. The Morgan fingerprint density at radius 3 is 2.78 bits per heavy atom. The predicted octanol–water partition coefficient (Wildman–Crippen LogP) is 1.93. The van der Waals surface area contributed by atoms with Crippen molar-refractivity contribution in [1.29, 1.82) is 0 Å². The lowest BCUT2D eigenvalue weighted by molar-refractivity contribution is 0.218. The summed E-state index contributed by atoms with van der Waals surface area (Å²) in [6, 6.07) is 2.37. The molecule has 0 aromatic heterocycles. The molecule has 0 aliphatic carbocycles. The van der Waals surface area contributed by atoms with Gasteiger partial charge >= 0.3 is 0 Å². The van der Waals surface area contributed by atoms with Crippen molar-refractivity contribution >= 4 is 0 Å². The Morgan fingerprint density at radius 1 is 1.22 bits per heavy atom. The third-order valence-electron chi connectivity index (χ3n) is 4.88. The summed E-state index contributed by atoms with van der Waals surface area (Å²) in [6.07, 6.45) is 6.80. The van der Waals surface area contributed by atoms with Gasteiger partial charge in [0.1, 0.15) is 0 Å². The Morgan fingerprint density at radius 2 is 2.00 bits per heavy atom. The minimum absolute atomic E-state index is 0.682. The van der Waals surface area contributed by atoms with E-state index < -0.39 is 0 Å². The Labute approximate surface area is 113 Å². The minimum Gasteiger partial charge on any atom is -0.313 e. The van der Waals surface area contributed by atoms with E-state index >= 15 is 0 Å². The Hall–Kier alpha value is -0.120. The van der Waals surface area contributed by atoms with Crippen molar-refractivity contribution in [2.45, 2.75) is 64.1 Å². The SMILES string of the molecule is CCCC(C)NCCN1CCC2CCC(C1)N2C. The molecule has 2 aliphatic heterocycles. The number of fused-ring (bicyclic) bond motifs is 2. The fourth-order valence-corrected chi connectivity index (χ4v) is 3.59. The van der Waals surface area contributed by atoms with Gasteiger partial charge in [0.05, 0.1) is 0 Å². The number of rotatable bonds is 6. The third kappa shape index (κ3) is 3.69. The van der Waals surface area contributed by atoms with Gasteiger partial charge in [-0.3, -0.25) is 4.90 Å². The summed E-state index contributed by atoms with van der Waals surface area (Å²) >= 11 is 0. The maximum absolute atomic E-state index is 3.65. The number of nitrogens with zero attached hydrogens (tertiary/aromatic N) is 2. The molecule has 2 fully saturated rings. The molecule has 1 N–H and O–H groups in total. The van der Waals surface area contributed by atoms with Gasteiger partial charge in [-0.1, -0.05) is 13.3 Å². The first-order chi connectivity index (χ1) is 8.70. The van der Waals surface area contributed by atoms with Gasteiger partial charge in [-0.05, 0) is 46.2 Å². The van der Waals surface area contributed by atoms with Crippen LogP contribution >= 0.6 is 0 Å². The maximum Gasteiger partial charge on any atom is 0.0223 e. The standard InChI is InChI=1S/C15H31N3/c1-4-5-13(2)16-9-11-18-10-8-14-6-7-15(12-18)17(14)3/h13-16H,4-12H2,1-3H3. The summed E-state index contributed by atoms with van der Waals surface area (Å²) in [6.45, 7) is 9.54. The summed E-state index contributed by atoms with van der Waals surface area (Å²) < 4.78 is 0. The van der Waals surface area contributed by atoms with Crippen LogP contribution in [-0.2, 0) is 0 Å². The number of nitrogens with one attached hydrogen (secondary N) is 1. The van der Waals surface area contributed by atoms with Crippen molar-refractivity contribution in [3.8, 4) is 0 Å². The maximum atomic E-state index is 3.65. The van der Waals surface area contributed by atoms with Crippen LogP contribution in [0.15, 0.2) is 0 Å². The van der Waals surface area contributed by atoms with Gasteiger partial charge < -0.3 is 10.2 Å². The molecule has 3 atom stereocenters. The highest BCUT2D eigenvalue weighted by Crippen LogP contribution is 2.28. The van der Waals surface area contributed by atoms with Crippen LogP contribution in [0.4, 0.5) is 0 Å². The molecule has 0 aromatic rings. The van der Waals surface area contributed by atoms with Gasteiger partial charge in [-0.15, -0.1) is 0 Å². The molecule has 0 aromatic carbocycles. The molecule has 3 nitrogen and oxygen atoms in total. The zero-order valence-electron chi connectivity index (χ0n) is 12.5. The lowest BCUT2D eigenvalue weighted by Gasteiger charge is -2.26. The van der Waals surface area contributed by atoms with E-state index in [0.29, 0.717) is 6.04 Å². The first-order valence-electron chi connectivity index (χ1n) is 7.88. The quantitative estimate of drug-likeness (QED) is 0.780. The molecular formula is C15H31N3. The molecule has 3 unspecified atom stereocenters. The fourth-order valence-electron chi connectivity index (χ4n) is 3.59.